The van der Waals surface area contributed by atoms with Crippen molar-refractivity contribution in [3.8, 4) is 0 Å². The first-order valence-corrected chi connectivity index (χ1v) is 20.0. The number of alkyl carbamates (subject to hydrolysis) is 1. The number of carbonyl (C=O) groups is 6. The molecule has 1 atom stereocenters. The molecule has 0 radical (unpaired) electrons. The maximum absolute atomic E-state index is 14.1. The second-order valence-electron chi connectivity index (χ2n) is 17.2. The first kappa shape index (κ1) is 47.8. The molecule has 1 aliphatic heterocycles. The van der Waals surface area contributed by atoms with Crippen LogP contribution in [0.2, 0.25) is 0 Å². The van der Waals surface area contributed by atoms with Gasteiger partial charge in [-0.2, -0.15) is 0 Å². The van der Waals surface area contributed by atoms with Gasteiger partial charge < -0.3 is 48.6 Å². The topological polar surface area (TPSA) is 174 Å². The quantitative estimate of drug-likeness (QED) is 0.220. The van der Waals surface area contributed by atoms with Crippen LogP contribution in [0.4, 0.5) is 19.2 Å². The Balaban J connectivity index is 1.86. The lowest BCUT2D eigenvalue weighted by molar-refractivity contribution is -0.147. The molecule has 59 heavy (non-hydrogen) atoms. The van der Waals surface area contributed by atoms with Gasteiger partial charge in [-0.15, -0.1) is 0 Å². The monoisotopic (exact) mass is 825 g/mol. The molecule has 1 fully saturated rings. The maximum Gasteiger partial charge on any atom is 0.410 e. The molecular formula is C43H63N5O11. The number of ether oxygens (including phenoxy) is 5. The number of nitrogens with one attached hydrogen (secondary N) is 1. The molecule has 0 aliphatic carbocycles. The van der Waals surface area contributed by atoms with Crippen LogP contribution in [0, 0.1) is 0 Å². The van der Waals surface area contributed by atoms with Crippen molar-refractivity contribution in [2.75, 3.05) is 52.4 Å². The van der Waals surface area contributed by atoms with Crippen LogP contribution in [0.25, 0.3) is 0 Å². The Hall–Kier alpha value is -5.54. The van der Waals surface area contributed by atoms with E-state index in [4.69, 9.17) is 23.7 Å². The number of amides is 5. The van der Waals surface area contributed by atoms with Crippen LogP contribution in [-0.4, -0.2) is 131 Å². The van der Waals surface area contributed by atoms with Gasteiger partial charge in [0.15, 0.2) is 0 Å². The molecule has 16 heteroatoms. The van der Waals surface area contributed by atoms with E-state index in [2.05, 4.69) is 5.32 Å². The predicted molar refractivity (Wildman–Crippen MR) is 219 cm³/mol. The minimum Gasteiger partial charge on any atom is -0.459 e. The molecule has 1 saturated heterocycles. The SMILES string of the molecule is CC(C)(C)OC(=O)N1CCN(C(=O)CC[C@H](NC(=O)OCc2ccccc2)C(=O)OCc2ccccc2)CCN(C(=O)OC(C)(C)C)CCN(C(=O)OC(C)(C)C)CC1. The third-order valence-electron chi connectivity index (χ3n) is 8.53. The van der Waals surface area contributed by atoms with Crippen LogP contribution < -0.4 is 5.32 Å². The van der Waals surface area contributed by atoms with Crippen LogP contribution in [0.1, 0.15) is 86.3 Å². The summed E-state index contributed by atoms with van der Waals surface area (Å²) in [5.41, 5.74) is -0.967. The lowest BCUT2D eigenvalue weighted by atomic mass is 10.1. The Kier molecular flexibility index (Phi) is 17.8. The van der Waals surface area contributed by atoms with E-state index in [1.54, 1.807) is 98.7 Å². The molecule has 0 aromatic heterocycles. The number of nitrogens with zero attached hydrogens (tertiary/aromatic N) is 4. The molecular weight excluding hydrogens is 762 g/mol. The molecule has 5 amide bonds. The van der Waals surface area contributed by atoms with Gasteiger partial charge in [0.25, 0.3) is 0 Å². The standard InChI is InChI=1S/C43H63N5O11/c1-41(2,3)57-38(52)46-24-22-45(23-25-47(39(53)58-42(4,5)6)27-29-48(28-26-46)40(54)59-43(7,8)9)35(49)21-20-34(36(50)55-30-32-16-12-10-13-17-32)44-37(51)56-31-33-18-14-11-15-19-33/h10-19,34H,20-31H2,1-9H3,(H,44,51)/t34-/m0/s1. The zero-order valence-electron chi connectivity index (χ0n) is 36.1. The van der Waals surface area contributed by atoms with Gasteiger partial charge in [0.1, 0.15) is 36.1 Å². The summed E-state index contributed by atoms with van der Waals surface area (Å²) in [5, 5.41) is 2.56. The summed E-state index contributed by atoms with van der Waals surface area (Å²) < 4.78 is 28.0. The van der Waals surface area contributed by atoms with E-state index >= 15 is 0 Å². The first-order valence-electron chi connectivity index (χ1n) is 20.0. The summed E-state index contributed by atoms with van der Waals surface area (Å²) in [6, 6.07) is 16.8. The third-order valence-corrected chi connectivity index (χ3v) is 8.53. The minimum atomic E-state index is -1.24. The summed E-state index contributed by atoms with van der Waals surface area (Å²) in [6.07, 6.45) is -3.11. The van der Waals surface area contributed by atoms with Crippen LogP contribution >= 0.6 is 0 Å². The van der Waals surface area contributed by atoms with Crippen molar-refractivity contribution in [2.45, 2.75) is 111 Å². The van der Waals surface area contributed by atoms with Gasteiger partial charge in [-0.05, 0) is 79.9 Å². The normalized spacial score (nSPS) is 15.1. The zero-order chi connectivity index (χ0) is 43.8. The van der Waals surface area contributed by atoms with E-state index in [-0.39, 0.29) is 78.4 Å². The van der Waals surface area contributed by atoms with Crippen LogP contribution in [-0.2, 0) is 46.5 Å². The van der Waals surface area contributed by atoms with Gasteiger partial charge in [0.05, 0.1) is 0 Å². The summed E-state index contributed by atoms with van der Waals surface area (Å²) >= 11 is 0. The van der Waals surface area contributed by atoms with Crippen molar-refractivity contribution in [1.82, 2.24) is 24.9 Å². The van der Waals surface area contributed by atoms with Crippen LogP contribution in [0.15, 0.2) is 60.7 Å². The predicted octanol–water partition coefficient (Wildman–Crippen LogP) is 6.36. The molecule has 0 bridgehead atoms. The largest absolute Gasteiger partial charge is 0.459 e. The van der Waals surface area contributed by atoms with E-state index in [1.165, 1.54) is 19.6 Å². The summed E-state index contributed by atoms with van der Waals surface area (Å²) in [7, 11) is 0. The summed E-state index contributed by atoms with van der Waals surface area (Å²) in [6.45, 7) is 15.8. The molecule has 0 saturated carbocycles. The molecule has 2 aromatic carbocycles. The average Bonchev–Trinajstić information content (AvgIpc) is 3.13. The van der Waals surface area contributed by atoms with Crippen LogP contribution in [0.5, 0.6) is 0 Å². The second-order valence-corrected chi connectivity index (χ2v) is 17.2. The van der Waals surface area contributed by atoms with Crippen LogP contribution in [0.3, 0.4) is 0 Å². The number of rotatable bonds is 9. The lowest BCUT2D eigenvalue weighted by Crippen LogP contribution is -2.52. The molecule has 3 rings (SSSR count). The minimum absolute atomic E-state index is 0.0157. The van der Waals surface area contributed by atoms with Gasteiger partial charge in [0.2, 0.25) is 5.91 Å². The highest BCUT2D eigenvalue weighted by molar-refractivity contribution is 5.83. The highest BCUT2D eigenvalue weighted by Gasteiger charge is 2.31. The van der Waals surface area contributed by atoms with Crippen molar-refractivity contribution in [3.05, 3.63) is 71.8 Å². The number of hydrogen-bond donors (Lipinski definition) is 1. The van der Waals surface area contributed by atoms with Gasteiger partial charge in [0, 0.05) is 58.8 Å². The lowest BCUT2D eigenvalue weighted by Gasteiger charge is -2.36. The maximum atomic E-state index is 14.1. The fourth-order valence-electron chi connectivity index (χ4n) is 5.60. The number of esters is 1. The number of benzene rings is 2. The molecule has 1 N–H and O–H groups in total. The van der Waals surface area contributed by atoms with E-state index < -0.39 is 59.1 Å². The van der Waals surface area contributed by atoms with E-state index in [0.717, 1.165) is 11.1 Å². The molecule has 1 heterocycles. The van der Waals surface area contributed by atoms with Crippen molar-refractivity contribution >= 4 is 36.2 Å². The molecule has 0 spiro atoms. The van der Waals surface area contributed by atoms with Crippen molar-refractivity contribution in [1.29, 1.82) is 0 Å². The fraction of sp³-hybridized carbons (Fsp3) is 0.581. The summed E-state index contributed by atoms with van der Waals surface area (Å²) in [4.78, 5) is 86.5. The highest BCUT2D eigenvalue weighted by atomic mass is 16.6. The van der Waals surface area contributed by atoms with Gasteiger partial charge in [-0.3, -0.25) is 4.79 Å². The number of carbonyl (C=O) groups excluding carboxylic acids is 6. The van der Waals surface area contributed by atoms with Gasteiger partial charge in [-0.1, -0.05) is 60.7 Å². The molecule has 2 aromatic rings. The Morgan fingerprint density at radius 2 is 0.864 bits per heavy atom. The van der Waals surface area contributed by atoms with E-state index in [1.807, 2.05) is 24.3 Å². The van der Waals surface area contributed by atoms with E-state index in [0.29, 0.717) is 0 Å². The molecule has 0 unspecified atom stereocenters. The average molecular weight is 826 g/mol. The smallest absolute Gasteiger partial charge is 0.410 e. The highest BCUT2D eigenvalue weighted by Crippen LogP contribution is 2.16. The second kappa shape index (κ2) is 22.0. The van der Waals surface area contributed by atoms with Crippen molar-refractivity contribution in [2.24, 2.45) is 0 Å². The van der Waals surface area contributed by atoms with Gasteiger partial charge >= 0.3 is 30.3 Å². The molecule has 326 valence electrons. The van der Waals surface area contributed by atoms with Crippen molar-refractivity contribution < 1.29 is 52.5 Å². The third kappa shape index (κ3) is 18.7. The Labute approximate surface area is 348 Å². The van der Waals surface area contributed by atoms with E-state index in [9.17, 15) is 28.8 Å². The van der Waals surface area contributed by atoms with Crippen molar-refractivity contribution in [3.63, 3.8) is 0 Å². The Morgan fingerprint density at radius 1 is 0.525 bits per heavy atom. The Bertz CT molecular complexity index is 1640. The molecule has 1 aliphatic rings. The Morgan fingerprint density at radius 3 is 1.22 bits per heavy atom. The zero-order valence-corrected chi connectivity index (χ0v) is 36.1. The number of hydrogen-bond acceptors (Lipinski definition) is 11. The molecule has 16 nitrogen and oxygen atoms in total. The van der Waals surface area contributed by atoms with Gasteiger partial charge in [-0.25, -0.2) is 24.0 Å². The fourth-order valence-corrected chi connectivity index (χ4v) is 5.60. The summed E-state index contributed by atoms with van der Waals surface area (Å²) in [5.74, 6) is -1.17. The first-order chi connectivity index (χ1) is 27.6.